The van der Waals surface area contributed by atoms with Gasteiger partial charge in [0.15, 0.2) is 17.3 Å². The minimum atomic E-state index is -1.10. The van der Waals surface area contributed by atoms with E-state index in [2.05, 4.69) is 0 Å². The van der Waals surface area contributed by atoms with Crippen LogP contribution in [0.15, 0.2) is 30.5 Å². The van der Waals surface area contributed by atoms with E-state index in [1.165, 1.54) is 23.8 Å². The summed E-state index contributed by atoms with van der Waals surface area (Å²) in [6, 6.07) is 6.51. The number of hydrogen-bond acceptors (Lipinski definition) is 4. The fourth-order valence-corrected chi connectivity index (χ4v) is 2.22. The number of Topliss-reactive ketones (excluding diaryl/α,β-unsaturated/α-hetero) is 1. The number of carboxylic acids is 1. The molecule has 0 atom stereocenters. The highest BCUT2D eigenvalue weighted by Gasteiger charge is 2.18. The number of aromatic carboxylic acids is 1. The van der Waals surface area contributed by atoms with Crippen LogP contribution in [0, 0.1) is 0 Å². The van der Waals surface area contributed by atoms with Gasteiger partial charge in [0, 0.05) is 23.5 Å². The fraction of sp³-hybridized carbons (Fsp3) is 0.200. The Kier molecular flexibility index (Phi) is 3.13. The van der Waals surface area contributed by atoms with Gasteiger partial charge in [0.1, 0.15) is 18.9 Å². The van der Waals surface area contributed by atoms with Crippen LogP contribution < -0.4 is 9.47 Å². The lowest BCUT2D eigenvalue weighted by Crippen LogP contribution is -2.15. The summed E-state index contributed by atoms with van der Waals surface area (Å²) in [4.78, 5) is 22.8. The van der Waals surface area contributed by atoms with Gasteiger partial charge in [-0.1, -0.05) is 0 Å². The zero-order valence-corrected chi connectivity index (χ0v) is 11.3. The predicted octanol–water partition coefficient (Wildman–Crippen LogP) is 2.15. The summed E-state index contributed by atoms with van der Waals surface area (Å²) in [5.74, 6) is -0.0971. The summed E-state index contributed by atoms with van der Waals surface area (Å²) >= 11 is 0. The van der Waals surface area contributed by atoms with E-state index in [1.54, 1.807) is 18.2 Å². The molecule has 0 bridgehead atoms. The van der Waals surface area contributed by atoms with Crippen molar-refractivity contribution in [2.24, 2.45) is 0 Å². The van der Waals surface area contributed by atoms with E-state index >= 15 is 0 Å². The second-order valence-corrected chi connectivity index (χ2v) is 4.67. The average Bonchev–Trinajstić information content (AvgIpc) is 2.92. The maximum atomic E-state index is 11.4. The van der Waals surface area contributed by atoms with Crippen molar-refractivity contribution in [3.8, 4) is 17.2 Å². The van der Waals surface area contributed by atoms with Crippen molar-refractivity contribution >= 4 is 11.8 Å². The van der Waals surface area contributed by atoms with Gasteiger partial charge in [-0.15, -0.1) is 0 Å². The Balaban J connectivity index is 2.11. The van der Waals surface area contributed by atoms with Gasteiger partial charge in [-0.25, -0.2) is 4.79 Å². The molecule has 0 saturated carbocycles. The minimum absolute atomic E-state index is 0.0249. The molecule has 0 unspecified atom stereocenters. The number of nitrogens with zero attached hydrogens (tertiary/aromatic N) is 1. The SMILES string of the molecule is CC(=O)c1cc(C(=O)O)n(-c2ccc3c(c2)OCCO3)c1. The number of aromatic nitrogens is 1. The van der Waals surface area contributed by atoms with Crippen molar-refractivity contribution in [3.63, 3.8) is 0 Å². The molecule has 3 rings (SSSR count). The number of ketones is 1. The van der Waals surface area contributed by atoms with Gasteiger partial charge in [0.05, 0.1) is 0 Å². The topological polar surface area (TPSA) is 77.8 Å². The van der Waals surface area contributed by atoms with E-state index in [9.17, 15) is 14.7 Å². The van der Waals surface area contributed by atoms with E-state index < -0.39 is 5.97 Å². The minimum Gasteiger partial charge on any atom is -0.486 e. The highest BCUT2D eigenvalue weighted by atomic mass is 16.6. The van der Waals surface area contributed by atoms with Gasteiger partial charge in [-0.2, -0.15) is 0 Å². The summed E-state index contributed by atoms with van der Waals surface area (Å²) in [6.45, 7) is 2.34. The first-order valence-electron chi connectivity index (χ1n) is 6.43. The van der Waals surface area contributed by atoms with Gasteiger partial charge in [-0.3, -0.25) is 4.79 Å². The molecule has 0 aliphatic carbocycles. The summed E-state index contributed by atoms with van der Waals surface area (Å²) in [7, 11) is 0. The Labute approximate surface area is 120 Å². The average molecular weight is 287 g/mol. The summed E-state index contributed by atoms with van der Waals surface area (Å²) < 4.78 is 12.4. The third-order valence-corrected chi connectivity index (χ3v) is 3.25. The number of fused-ring (bicyclic) bond motifs is 1. The third kappa shape index (κ3) is 2.35. The predicted molar refractivity (Wildman–Crippen MR) is 73.7 cm³/mol. The van der Waals surface area contributed by atoms with Crippen molar-refractivity contribution in [1.82, 2.24) is 4.57 Å². The van der Waals surface area contributed by atoms with Gasteiger partial charge in [-0.05, 0) is 25.1 Å². The number of carbonyl (C=O) groups excluding carboxylic acids is 1. The molecule has 0 amide bonds. The first kappa shape index (κ1) is 13.2. The van der Waals surface area contributed by atoms with E-state index in [4.69, 9.17) is 9.47 Å². The Bertz CT molecular complexity index is 732. The number of benzene rings is 1. The zero-order valence-electron chi connectivity index (χ0n) is 11.3. The summed E-state index contributed by atoms with van der Waals surface area (Å²) in [5, 5.41) is 9.27. The highest BCUT2D eigenvalue weighted by molar-refractivity contribution is 5.97. The van der Waals surface area contributed by atoms with E-state index in [-0.39, 0.29) is 11.5 Å². The molecule has 0 fully saturated rings. The molecule has 6 nitrogen and oxygen atoms in total. The lowest BCUT2D eigenvalue weighted by molar-refractivity contribution is 0.0688. The second-order valence-electron chi connectivity index (χ2n) is 4.67. The first-order chi connectivity index (χ1) is 10.1. The molecule has 0 saturated heterocycles. The Hall–Kier alpha value is -2.76. The standard InChI is InChI=1S/C15H13NO5/c1-9(17)10-6-12(15(18)19)16(8-10)11-2-3-13-14(7-11)21-5-4-20-13/h2-3,6-8H,4-5H2,1H3,(H,18,19). The van der Waals surface area contributed by atoms with Crippen molar-refractivity contribution in [2.45, 2.75) is 6.92 Å². The zero-order chi connectivity index (χ0) is 15.0. The number of ether oxygens (including phenoxy) is 2. The van der Waals surface area contributed by atoms with Crippen molar-refractivity contribution in [3.05, 3.63) is 41.7 Å². The lowest BCUT2D eigenvalue weighted by Gasteiger charge is -2.19. The number of hydrogen-bond donors (Lipinski definition) is 1. The Morgan fingerprint density at radius 1 is 1.14 bits per heavy atom. The van der Waals surface area contributed by atoms with E-state index in [0.717, 1.165) is 0 Å². The van der Waals surface area contributed by atoms with Crippen LogP contribution in [0.4, 0.5) is 0 Å². The molecule has 2 aromatic rings. The molecule has 1 N–H and O–H groups in total. The van der Waals surface area contributed by atoms with Crippen LogP contribution in [0.3, 0.4) is 0 Å². The Morgan fingerprint density at radius 2 is 1.86 bits per heavy atom. The lowest BCUT2D eigenvalue weighted by atomic mass is 10.2. The van der Waals surface area contributed by atoms with Gasteiger partial charge >= 0.3 is 5.97 Å². The largest absolute Gasteiger partial charge is 0.486 e. The quantitative estimate of drug-likeness (QED) is 0.875. The summed E-state index contributed by atoms with van der Waals surface area (Å²) in [6.07, 6.45) is 1.51. The molecule has 1 aliphatic rings. The van der Waals surface area contributed by atoms with E-state index in [1.807, 2.05) is 0 Å². The van der Waals surface area contributed by atoms with Crippen LogP contribution in [-0.4, -0.2) is 34.6 Å². The monoisotopic (exact) mass is 287 g/mol. The number of carbonyl (C=O) groups is 2. The molecular formula is C15H13NO5. The molecule has 0 radical (unpaired) electrons. The second kappa shape index (κ2) is 4.97. The number of carboxylic acid groups (broad SMARTS) is 1. The first-order valence-corrected chi connectivity index (χ1v) is 6.43. The van der Waals surface area contributed by atoms with Crippen molar-refractivity contribution in [1.29, 1.82) is 0 Å². The van der Waals surface area contributed by atoms with Gasteiger partial charge in [0.25, 0.3) is 0 Å². The molecule has 1 aliphatic heterocycles. The van der Waals surface area contributed by atoms with Crippen LogP contribution in [0.5, 0.6) is 11.5 Å². The van der Waals surface area contributed by atoms with Crippen LogP contribution in [0.25, 0.3) is 5.69 Å². The van der Waals surface area contributed by atoms with Crippen molar-refractivity contribution < 1.29 is 24.2 Å². The molecule has 6 heteroatoms. The van der Waals surface area contributed by atoms with Crippen LogP contribution in [0.2, 0.25) is 0 Å². The third-order valence-electron chi connectivity index (χ3n) is 3.25. The van der Waals surface area contributed by atoms with Gasteiger partial charge in [0.2, 0.25) is 0 Å². The molecule has 1 aromatic heterocycles. The maximum Gasteiger partial charge on any atom is 0.352 e. The fourth-order valence-electron chi connectivity index (χ4n) is 2.22. The normalized spacial score (nSPS) is 13.0. The molecule has 108 valence electrons. The molecule has 0 spiro atoms. The van der Waals surface area contributed by atoms with Crippen LogP contribution in [0.1, 0.15) is 27.8 Å². The van der Waals surface area contributed by atoms with Crippen molar-refractivity contribution in [2.75, 3.05) is 13.2 Å². The highest BCUT2D eigenvalue weighted by Crippen LogP contribution is 2.32. The number of rotatable bonds is 3. The smallest absolute Gasteiger partial charge is 0.352 e. The van der Waals surface area contributed by atoms with Crippen LogP contribution >= 0.6 is 0 Å². The van der Waals surface area contributed by atoms with E-state index in [0.29, 0.717) is 36.0 Å². The Morgan fingerprint density at radius 3 is 2.52 bits per heavy atom. The van der Waals surface area contributed by atoms with Gasteiger partial charge < -0.3 is 19.1 Å². The molecular weight excluding hydrogens is 274 g/mol. The molecule has 2 heterocycles. The maximum absolute atomic E-state index is 11.4. The van der Waals surface area contributed by atoms with Crippen LogP contribution in [-0.2, 0) is 0 Å². The molecule has 1 aromatic carbocycles. The summed E-state index contributed by atoms with van der Waals surface area (Å²) in [5.41, 5.74) is 0.975. The molecule has 21 heavy (non-hydrogen) atoms.